The third-order valence-corrected chi connectivity index (χ3v) is 4.27. The maximum atomic E-state index is 12.4. The fourth-order valence-corrected chi connectivity index (χ4v) is 2.98. The molecule has 2 rings (SSSR count). The molecule has 0 aromatic carbocycles. The van der Waals surface area contributed by atoms with Crippen LogP contribution in [0.3, 0.4) is 0 Å². The van der Waals surface area contributed by atoms with Gasteiger partial charge in [0.2, 0.25) is 5.13 Å². The minimum absolute atomic E-state index is 0.0111. The lowest BCUT2D eigenvalue weighted by Crippen LogP contribution is -2.46. The first-order valence-electron chi connectivity index (χ1n) is 6.88. The Hall–Kier alpha value is -1.84. The van der Waals surface area contributed by atoms with Gasteiger partial charge in [-0.2, -0.15) is 0 Å². The molecule has 1 unspecified atom stereocenters. The lowest BCUT2D eigenvalue weighted by Gasteiger charge is -2.35. The number of carboxylic acids is 1. The molecule has 7 nitrogen and oxygen atoms in total. The number of carbonyl (C=O) groups is 2. The number of amides is 2. The van der Waals surface area contributed by atoms with E-state index in [1.165, 1.54) is 0 Å². The number of likely N-dealkylation sites (tertiary alicyclic amines) is 1. The van der Waals surface area contributed by atoms with Gasteiger partial charge in [0.25, 0.3) is 6.43 Å². The van der Waals surface area contributed by atoms with E-state index < -0.39 is 23.4 Å². The molecule has 10 heteroatoms. The van der Waals surface area contributed by atoms with Gasteiger partial charge in [0.1, 0.15) is 0 Å². The first-order chi connectivity index (χ1) is 10.5. The van der Waals surface area contributed by atoms with E-state index in [1.807, 2.05) is 0 Å². The Labute approximate surface area is 129 Å². The molecular formula is C12H16F2N4O3S. The van der Waals surface area contributed by atoms with Gasteiger partial charge in [0.05, 0.1) is 0 Å². The van der Waals surface area contributed by atoms with Crippen LogP contribution in [-0.4, -0.2) is 44.8 Å². The molecule has 1 aliphatic heterocycles. The fraction of sp³-hybridized carbons (Fsp3) is 0.667. The van der Waals surface area contributed by atoms with E-state index in [2.05, 4.69) is 15.5 Å². The van der Waals surface area contributed by atoms with Crippen LogP contribution in [0, 0.1) is 0 Å². The first kappa shape index (κ1) is 16.5. The molecule has 1 aliphatic rings. The molecule has 0 saturated carbocycles. The highest BCUT2D eigenvalue weighted by atomic mass is 32.1. The van der Waals surface area contributed by atoms with Crippen LogP contribution in [0.4, 0.5) is 18.7 Å². The van der Waals surface area contributed by atoms with E-state index in [4.69, 9.17) is 5.11 Å². The highest BCUT2D eigenvalue weighted by molar-refractivity contribution is 7.15. The van der Waals surface area contributed by atoms with Crippen molar-refractivity contribution in [1.29, 1.82) is 0 Å². The molecule has 0 bridgehead atoms. The molecule has 122 valence electrons. The third-order valence-electron chi connectivity index (χ3n) is 3.42. The zero-order valence-electron chi connectivity index (χ0n) is 11.7. The summed E-state index contributed by atoms with van der Waals surface area (Å²) < 4.78 is 24.9. The Balaban J connectivity index is 1.97. The molecule has 1 saturated heterocycles. The molecule has 0 aliphatic carbocycles. The summed E-state index contributed by atoms with van der Waals surface area (Å²) in [4.78, 5) is 24.4. The molecule has 1 fully saturated rings. The van der Waals surface area contributed by atoms with E-state index in [9.17, 15) is 18.4 Å². The van der Waals surface area contributed by atoms with Gasteiger partial charge in [-0.15, -0.1) is 10.2 Å². The molecule has 1 aromatic rings. The van der Waals surface area contributed by atoms with Crippen LogP contribution in [0.5, 0.6) is 0 Å². The second-order valence-corrected chi connectivity index (χ2v) is 5.96. The SMILES string of the molecule is O=C(O)CCC1CCCCN1C(=O)Nc1nnc(C(F)F)s1. The maximum absolute atomic E-state index is 12.4. The third kappa shape index (κ3) is 4.33. The molecule has 2 N–H and O–H groups in total. The van der Waals surface area contributed by atoms with Crippen LogP contribution in [0.1, 0.15) is 43.5 Å². The number of nitrogens with zero attached hydrogens (tertiary/aromatic N) is 3. The minimum atomic E-state index is -2.72. The summed E-state index contributed by atoms with van der Waals surface area (Å²) in [7, 11) is 0. The largest absolute Gasteiger partial charge is 0.481 e. The topological polar surface area (TPSA) is 95.4 Å². The Morgan fingerprint density at radius 1 is 1.41 bits per heavy atom. The van der Waals surface area contributed by atoms with Crippen molar-refractivity contribution in [2.24, 2.45) is 0 Å². The molecule has 1 aromatic heterocycles. The Morgan fingerprint density at radius 2 is 2.18 bits per heavy atom. The summed E-state index contributed by atoms with van der Waals surface area (Å²) in [5, 5.41) is 17.6. The van der Waals surface area contributed by atoms with Gasteiger partial charge < -0.3 is 10.0 Å². The van der Waals surface area contributed by atoms with Gasteiger partial charge in [-0.05, 0) is 25.7 Å². The van der Waals surface area contributed by atoms with E-state index in [1.54, 1.807) is 4.90 Å². The summed E-state index contributed by atoms with van der Waals surface area (Å²) in [6.45, 7) is 0.511. The Bertz CT molecular complexity index is 540. The summed E-state index contributed by atoms with van der Waals surface area (Å²) >= 11 is 0.628. The summed E-state index contributed by atoms with van der Waals surface area (Å²) in [6.07, 6.45) is 0.141. The normalized spacial score (nSPS) is 18.5. The zero-order valence-corrected chi connectivity index (χ0v) is 12.5. The lowest BCUT2D eigenvalue weighted by molar-refractivity contribution is -0.137. The number of alkyl halides is 2. The van der Waals surface area contributed by atoms with Crippen molar-refractivity contribution in [2.45, 2.75) is 44.6 Å². The first-order valence-corrected chi connectivity index (χ1v) is 7.70. The number of anilines is 1. The number of rotatable bonds is 5. The molecule has 0 radical (unpaired) electrons. The molecule has 2 amide bonds. The predicted molar refractivity (Wildman–Crippen MR) is 75.1 cm³/mol. The molecule has 1 atom stereocenters. The molecular weight excluding hydrogens is 318 g/mol. The fourth-order valence-electron chi connectivity index (χ4n) is 2.39. The number of piperidine rings is 1. The van der Waals surface area contributed by atoms with E-state index in [0.717, 1.165) is 19.3 Å². The van der Waals surface area contributed by atoms with Gasteiger partial charge in [-0.1, -0.05) is 11.3 Å². The molecule has 2 heterocycles. The van der Waals surface area contributed by atoms with Crippen molar-refractivity contribution in [1.82, 2.24) is 15.1 Å². The summed E-state index contributed by atoms with van der Waals surface area (Å²) in [5.41, 5.74) is 0. The number of halogens is 2. The summed E-state index contributed by atoms with van der Waals surface area (Å²) in [5.74, 6) is -0.906. The van der Waals surface area contributed by atoms with Crippen molar-refractivity contribution < 1.29 is 23.5 Å². The Morgan fingerprint density at radius 3 is 2.82 bits per heavy atom. The quantitative estimate of drug-likeness (QED) is 0.863. The van der Waals surface area contributed by atoms with Gasteiger partial charge in [-0.3, -0.25) is 10.1 Å². The number of carboxylic acid groups (broad SMARTS) is 1. The van der Waals surface area contributed by atoms with E-state index >= 15 is 0 Å². The Kier molecular flexibility index (Phi) is 5.58. The highest BCUT2D eigenvalue weighted by Crippen LogP contribution is 2.26. The number of aromatic nitrogens is 2. The van der Waals surface area contributed by atoms with Crippen molar-refractivity contribution in [2.75, 3.05) is 11.9 Å². The van der Waals surface area contributed by atoms with Crippen LogP contribution >= 0.6 is 11.3 Å². The monoisotopic (exact) mass is 334 g/mol. The lowest BCUT2D eigenvalue weighted by atomic mass is 9.98. The predicted octanol–water partition coefficient (Wildman–Crippen LogP) is 2.73. The van der Waals surface area contributed by atoms with E-state index in [-0.39, 0.29) is 17.6 Å². The van der Waals surface area contributed by atoms with Crippen molar-refractivity contribution in [3.63, 3.8) is 0 Å². The van der Waals surface area contributed by atoms with Crippen LogP contribution in [-0.2, 0) is 4.79 Å². The van der Waals surface area contributed by atoms with Crippen LogP contribution in [0.15, 0.2) is 0 Å². The number of hydrogen-bond donors (Lipinski definition) is 2. The average Bonchev–Trinajstić information content (AvgIpc) is 2.94. The number of carbonyl (C=O) groups excluding carboxylic acids is 1. The molecule has 22 heavy (non-hydrogen) atoms. The van der Waals surface area contributed by atoms with Crippen LogP contribution in [0.25, 0.3) is 0 Å². The van der Waals surface area contributed by atoms with Crippen molar-refractivity contribution >= 4 is 28.5 Å². The maximum Gasteiger partial charge on any atom is 0.323 e. The average molecular weight is 334 g/mol. The van der Waals surface area contributed by atoms with Crippen LogP contribution in [0.2, 0.25) is 0 Å². The molecule has 0 spiro atoms. The van der Waals surface area contributed by atoms with Crippen LogP contribution < -0.4 is 5.32 Å². The standard InChI is InChI=1S/C12H16F2N4O3S/c13-9(14)10-16-17-11(22-10)15-12(21)18-6-2-1-3-7(18)4-5-8(19)20/h7,9H,1-6H2,(H,19,20)(H,15,17,21). The second kappa shape index (κ2) is 7.43. The van der Waals surface area contributed by atoms with Gasteiger partial charge in [0.15, 0.2) is 5.01 Å². The second-order valence-electron chi connectivity index (χ2n) is 4.95. The van der Waals surface area contributed by atoms with Crippen molar-refractivity contribution in [3.8, 4) is 0 Å². The van der Waals surface area contributed by atoms with Gasteiger partial charge >= 0.3 is 12.0 Å². The van der Waals surface area contributed by atoms with Gasteiger partial charge in [0, 0.05) is 19.0 Å². The number of urea groups is 1. The minimum Gasteiger partial charge on any atom is -0.481 e. The zero-order chi connectivity index (χ0) is 16.1. The summed E-state index contributed by atoms with van der Waals surface area (Å²) in [6, 6.07) is -0.612. The number of nitrogens with one attached hydrogen (secondary N) is 1. The number of aliphatic carboxylic acids is 1. The smallest absolute Gasteiger partial charge is 0.323 e. The van der Waals surface area contributed by atoms with E-state index in [0.29, 0.717) is 24.3 Å². The van der Waals surface area contributed by atoms with Gasteiger partial charge in [-0.25, -0.2) is 13.6 Å². The number of hydrogen-bond acceptors (Lipinski definition) is 5. The van der Waals surface area contributed by atoms with Crippen molar-refractivity contribution in [3.05, 3.63) is 5.01 Å². The highest BCUT2D eigenvalue weighted by Gasteiger charge is 2.28.